The largest absolute Gasteiger partial charge is 0.394 e. The number of aliphatic hydroxyl groups is 1. The number of anilines is 1. The summed E-state index contributed by atoms with van der Waals surface area (Å²) >= 11 is 3.46. The number of hydrogen-bond donors (Lipinski definition) is 3. The van der Waals surface area contributed by atoms with Crippen molar-refractivity contribution in [2.75, 3.05) is 18.6 Å². The highest BCUT2D eigenvalue weighted by atomic mass is 79.9. The number of nitrogen functional groups attached to an aromatic ring is 1. The van der Waals surface area contributed by atoms with Crippen LogP contribution in [0.5, 0.6) is 0 Å². The van der Waals surface area contributed by atoms with E-state index in [9.17, 15) is 5.11 Å². The van der Waals surface area contributed by atoms with Gasteiger partial charge in [0.05, 0.1) is 17.8 Å². The predicted molar refractivity (Wildman–Crippen MR) is 74.7 cm³/mol. The van der Waals surface area contributed by atoms with Crippen molar-refractivity contribution in [3.8, 4) is 0 Å². The van der Waals surface area contributed by atoms with Gasteiger partial charge in [0.2, 0.25) is 0 Å². The highest BCUT2D eigenvalue weighted by Crippen LogP contribution is 2.30. The summed E-state index contributed by atoms with van der Waals surface area (Å²) in [4.78, 5) is 1.99. The number of amidine groups is 1. The van der Waals surface area contributed by atoms with Gasteiger partial charge in [-0.15, -0.1) is 0 Å². The van der Waals surface area contributed by atoms with Crippen LogP contribution >= 0.6 is 15.9 Å². The SMILES string of the molecule is CN(c1ccc(C(=N)N)cc1Br)C(C)(C)CO. The first-order valence-electron chi connectivity index (χ1n) is 5.28. The van der Waals surface area contributed by atoms with E-state index in [-0.39, 0.29) is 18.0 Å². The average Bonchev–Trinajstić information content (AvgIpc) is 2.27. The van der Waals surface area contributed by atoms with Crippen LogP contribution in [-0.4, -0.2) is 30.1 Å². The van der Waals surface area contributed by atoms with E-state index >= 15 is 0 Å². The van der Waals surface area contributed by atoms with Crippen LogP contribution in [0.15, 0.2) is 22.7 Å². The van der Waals surface area contributed by atoms with Crippen LogP contribution in [0.1, 0.15) is 19.4 Å². The molecular formula is C12H18BrN3O. The lowest BCUT2D eigenvalue weighted by Crippen LogP contribution is -2.44. The molecule has 0 aliphatic heterocycles. The first-order chi connectivity index (χ1) is 7.79. The Balaban J connectivity index is 3.12. The molecule has 0 spiro atoms. The number of benzene rings is 1. The van der Waals surface area contributed by atoms with Gasteiger partial charge in [0.1, 0.15) is 5.84 Å². The summed E-state index contributed by atoms with van der Waals surface area (Å²) in [5.41, 5.74) is 6.71. The molecule has 0 aliphatic rings. The average molecular weight is 300 g/mol. The zero-order valence-electron chi connectivity index (χ0n) is 10.3. The van der Waals surface area contributed by atoms with E-state index in [1.165, 1.54) is 0 Å². The molecule has 0 heterocycles. The fourth-order valence-electron chi connectivity index (χ4n) is 1.38. The van der Waals surface area contributed by atoms with Gasteiger partial charge in [0.15, 0.2) is 0 Å². The Kier molecular flexibility index (Phi) is 4.16. The molecule has 0 unspecified atom stereocenters. The lowest BCUT2D eigenvalue weighted by atomic mass is 10.0. The van der Waals surface area contributed by atoms with E-state index in [1.807, 2.05) is 37.9 Å². The third-order valence-corrected chi connectivity index (χ3v) is 3.55. The Hall–Kier alpha value is -1.07. The molecule has 4 N–H and O–H groups in total. The van der Waals surface area contributed by atoms with E-state index in [1.54, 1.807) is 6.07 Å². The molecule has 4 nitrogen and oxygen atoms in total. The highest BCUT2D eigenvalue weighted by Gasteiger charge is 2.24. The number of nitrogens with zero attached hydrogens (tertiary/aromatic N) is 1. The molecular weight excluding hydrogens is 282 g/mol. The van der Waals surface area contributed by atoms with Crippen LogP contribution in [0.3, 0.4) is 0 Å². The summed E-state index contributed by atoms with van der Waals surface area (Å²) < 4.78 is 0.856. The Morgan fingerprint density at radius 1 is 1.53 bits per heavy atom. The van der Waals surface area contributed by atoms with Gasteiger partial charge < -0.3 is 15.7 Å². The van der Waals surface area contributed by atoms with E-state index < -0.39 is 0 Å². The summed E-state index contributed by atoms with van der Waals surface area (Å²) in [5, 5.41) is 16.7. The molecule has 0 aliphatic carbocycles. The Morgan fingerprint density at radius 2 is 2.12 bits per heavy atom. The van der Waals surface area contributed by atoms with Crippen LogP contribution < -0.4 is 10.6 Å². The van der Waals surface area contributed by atoms with Crippen LogP contribution in [0, 0.1) is 5.41 Å². The fraction of sp³-hybridized carbons (Fsp3) is 0.417. The van der Waals surface area contributed by atoms with E-state index in [2.05, 4.69) is 15.9 Å². The van der Waals surface area contributed by atoms with Crippen LogP contribution in [0.25, 0.3) is 0 Å². The summed E-state index contributed by atoms with van der Waals surface area (Å²) in [5.74, 6) is 0.0429. The number of likely N-dealkylation sites (N-methyl/N-ethyl adjacent to an activating group) is 1. The molecule has 0 radical (unpaired) electrons. The van der Waals surface area contributed by atoms with Gasteiger partial charge in [-0.25, -0.2) is 0 Å². The zero-order valence-corrected chi connectivity index (χ0v) is 11.9. The standard InChI is InChI=1S/C12H18BrN3O/c1-12(2,7-17)16(3)10-5-4-8(11(14)15)6-9(10)13/h4-6,17H,7H2,1-3H3,(H3,14,15). The van der Waals surface area contributed by atoms with Gasteiger partial charge in [-0.2, -0.15) is 0 Å². The molecule has 0 amide bonds. The van der Waals surface area contributed by atoms with Crippen LogP contribution in [0.4, 0.5) is 5.69 Å². The van der Waals surface area contributed by atoms with Gasteiger partial charge in [-0.05, 0) is 48.0 Å². The maximum atomic E-state index is 9.35. The van der Waals surface area contributed by atoms with Crippen molar-refractivity contribution in [2.45, 2.75) is 19.4 Å². The summed E-state index contributed by atoms with van der Waals surface area (Å²) in [6.45, 7) is 3.97. The topological polar surface area (TPSA) is 73.3 Å². The van der Waals surface area contributed by atoms with Crippen LogP contribution in [0.2, 0.25) is 0 Å². The van der Waals surface area contributed by atoms with Gasteiger partial charge in [-0.1, -0.05) is 0 Å². The molecule has 0 fully saturated rings. The van der Waals surface area contributed by atoms with Crippen molar-refractivity contribution in [3.63, 3.8) is 0 Å². The smallest absolute Gasteiger partial charge is 0.122 e. The number of halogens is 1. The van der Waals surface area contributed by atoms with E-state index in [0.29, 0.717) is 5.56 Å². The number of rotatable bonds is 4. The maximum Gasteiger partial charge on any atom is 0.122 e. The first kappa shape index (κ1) is 14.0. The predicted octanol–water partition coefficient (Wildman–Crippen LogP) is 1.94. The molecule has 1 aromatic carbocycles. The zero-order chi connectivity index (χ0) is 13.2. The van der Waals surface area contributed by atoms with Crippen molar-refractivity contribution in [1.29, 1.82) is 5.41 Å². The number of nitrogens with two attached hydrogens (primary N) is 1. The minimum atomic E-state index is -0.347. The van der Waals surface area contributed by atoms with Crippen molar-refractivity contribution < 1.29 is 5.11 Å². The Bertz CT molecular complexity index is 432. The minimum absolute atomic E-state index is 0.0429. The Labute approximate surface area is 110 Å². The summed E-state index contributed by atoms with van der Waals surface area (Å²) in [6.07, 6.45) is 0. The summed E-state index contributed by atoms with van der Waals surface area (Å²) in [6, 6.07) is 5.49. The molecule has 0 saturated heterocycles. The monoisotopic (exact) mass is 299 g/mol. The van der Waals surface area contributed by atoms with Crippen molar-refractivity contribution in [2.24, 2.45) is 5.73 Å². The molecule has 1 aromatic rings. The second kappa shape index (κ2) is 5.06. The van der Waals surface area contributed by atoms with Gasteiger partial charge >= 0.3 is 0 Å². The third-order valence-electron chi connectivity index (χ3n) is 2.91. The van der Waals surface area contributed by atoms with Crippen LogP contribution in [-0.2, 0) is 0 Å². The second-order valence-corrected chi connectivity index (χ2v) is 5.46. The minimum Gasteiger partial charge on any atom is -0.394 e. The van der Waals surface area contributed by atoms with E-state index in [0.717, 1.165) is 10.2 Å². The van der Waals surface area contributed by atoms with Gasteiger partial charge in [-0.3, -0.25) is 5.41 Å². The van der Waals surface area contributed by atoms with Gasteiger partial charge in [0.25, 0.3) is 0 Å². The molecule has 0 saturated carbocycles. The number of nitrogens with one attached hydrogen (secondary N) is 1. The maximum absolute atomic E-state index is 9.35. The highest BCUT2D eigenvalue weighted by molar-refractivity contribution is 9.10. The first-order valence-corrected chi connectivity index (χ1v) is 6.07. The van der Waals surface area contributed by atoms with Crippen molar-refractivity contribution >= 4 is 27.5 Å². The van der Waals surface area contributed by atoms with Gasteiger partial charge in [0, 0.05) is 17.1 Å². The Morgan fingerprint density at radius 3 is 2.53 bits per heavy atom. The molecule has 5 heteroatoms. The number of aliphatic hydroxyl groups excluding tert-OH is 1. The molecule has 94 valence electrons. The van der Waals surface area contributed by atoms with E-state index in [4.69, 9.17) is 11.1 Å². The molecule has 0 bridgehead atoms. The lowest BCUT2D eigenvalue weighted by molar-refractivity contribution is 0.216. The molecule has 0 atom stereocenters. The molecule has 0 aromatic heterocycles. The molecule has 1 rings (SSSR count). The third kappa shape index (κ3) is 2.98. The molecule has 17 heavy (non-hydrogen) atoms. The fourth-order valence-corrected chi connectivity index (χ4v) is 2.02. The number of hydrogen-bond acceptors (Lipinski definition) is 3. The van der Waals surface area contributed by atoms with Crippen molar-refractivity contribution in [3.05, 3.63) is 28.2 Å². The summed E-state index contributed by atoms with van der Waals surface area (Å²) in [7, 11) is 1.92. The quantitative estimate of drug-likeness (QED) is 0.588. The second-order valence-electron chi connectivity index (χ2n) is 4.61. The van der Waals surface area contributed by atoms with Crippen molar-refractivity contribution in [1.82, 2.24) is 0 Å². The normalized spacial score (nSPS) is 11.4. The lowest BCUT2D eigenvalue weighted by Gasteiger charge is -2.36.